The average molecular weight is 348 g/mol. The van der Waals surface area contributed by atoms with Crippen molar-refractivity contribution in [3.8, 4) is 0 Å². The number of aromatic nitrogens is 1. The van der Waals surface area contributed by atoms with Gasteiger partial charge in [-0.2, -0.15) is 0 Å². The van der Waals surface area contributed by atoms with Crippen LogP contribution in [-0.2, 0) is 0 Å². The summed E-state index contributed by atoms with van der Waals surface area (Å²) >= 11 is 1.68. The van der Waals surface area contributed by atoms with Gasteiger partial charge in [0.05, 0.1) is 21.5 Å². The molecular formula is C19H25FN2OS. The van der Waals surface area contributed by atoms with Gasteiger partial charge in [0.1, 0.15) is 5.82 Å². The Kier molecular flexibility index (Phi) is 4.90. The molecule has 3 rings (SSSR count). The third-order valence-corrected chi connectivity index (χ3v) is 5.95. The summed E-state index contributed by atoms with van der Waals surface area (Å²) in [7, 11) is 0. The lowest BCUT2D eigenvalue weighted by molar-refractivity contribution is 0.595. The minimum atomic E-state index is -0.268. The number of aryl methyl sites for hydroxylation is 1. The first kappa shape index (κ1) is 17.3. The summed E-state index contributed by atoms with van der Waals surface area (Å²) in [5, 5.41) is 0.512. The third-order valence-electron chi connectivity index (χ3n) is 4.62. The van der Waals surface area contributed by atoms with E-state index in [0.717, 1.165) is 42.1 Å². The second-order valence-electron chi connectivity index (χ2n) is 6.63. The van der Waals surface area contributed by atoms with Crippen LogP contribution in [0.25, 0.3) is 10.9 Å². The standard InChI is InChI=1S/C19H25FN2OS/c1-5-7-21(8-6-2)17-15(20)9-14-16-19(17)24-11-13(4)22(16)10-12(3)18(14)23/h9-10,13H,5-8,11H2,1-4H3. The Hall–Kier alpha value is -1.49. The van der Waals surface area contributed by atoms with Crippen molar-refractivity contribution in [1.82, 2.24) is 4.57 Å². The van der Waals surface area contributed by atoms with E-state index in [2.05, 4.69) is 30.2 Å². The van der Waals surface area contributed by atoms with Crippen molar-refractivity contribution in [1.29, 1.82) is 0 Å². The Morgan fingerprint density at radius 1 is 1.33 bits per heavy atom. The highest BCUT2D eigenvalue weighted by Gasteiger charge is 2.27. The van der Waals surface area contributed by atoms with Crippen LogP contribution in [0.5, 0.6) is 0 Å². The number of halogens is 1. The lowest BCUT2D eigenvalue weighted by Gasteiger charge is -2.32. The molecule has 0 radical (unpaired) electrons. The zero-order valence-electron chi connectivity index (χ0n) is 14.9. The van der Waals surface area contributed by atoms with Gasteiger partial charge in [0.25, 0.3) is 0 Å². The van der Waals surface area contributed by atoms with E-state index >= 15 is 4.39 Å². The molecule has 1 aliphatic rings. The van der Waals surface area contributed by atoms with Crippen molar-refractivity contribution in [2.75, 3.05) is 23.7 Å². The lowest BCUT2D eigenvalue weighted by atomic mass is 10.1. The molecule has 3 nitrogen and oxygen atoms in total. The Bertz CT molecular complexity index is 824. The van der Waals surface area contributed by atoms with Crippen LogP contribution >= 0.6 is 11.8 Å². The maximum atomic E-state index is 15.0. The molecule has 1 aliphatic heterocycles. The van der Waals surface area contributed by atoms with Gasteiger partial charge in [0.2, 0.25) is 0 Å². The van der Waals surface area contributed by atoms with E-state index in [9.17, 15) is 4.79 Å². The molecule has 2 heterocycles. The smallest absolute Gasteiger partial charge is 0.192 e. The number of benzene rings is 1. The van der Waals surface area contributed by atoms with E-state index in [0.29, 0.717) is 22.7 Å². The first-order valence-electron chi connectivity index (χ1n) is 8.75. The van der Waals surface area contributed by atoms with Gasteiger partial charge in [-0.3, -0.25) is 4.79 Å². The molecule has 0 saturated carbocycles. The predicted octanol–water partition coefficient (Wildman–Crippen LogP) is 4.74. The SMILES string of the molecule is CCCN(CCC)c1c(F)cc2c(=O)c(C)cn3c2c1SCC3C. The summed E-state index contributed by atoms with van der Waals surface area (Å²) in [6, 6.07) is 1.75. The number of rotatable bonds is 5. The van der Waals surface area contributed by atoms with Gasteiger partial charge in [0.15, 0.2) is 5.43 Å². The maximum absolute atomic E-state index is 15.0. The summed E-state index contributed by atoms with van der Waals surface area (Å²) in [6.07, 6.45) is 3.88. The highest BCUT2D eigenvalue weighted by molar-refractivity contribution is 7.99. The Labute approximate surface area is 146 Å². The number of anilines is 1. The van der Waals surface area contributed by atoms with Crippen molar-refractivity contribution in [3.63, 3.8) is 0 Å². The van der Waals surface area contributed by atoms with E-state index in [4.69, 9.17) is 0 Å². The van der Waals surface area contributed by atoms with E-state index in [-0.39, 0.29) is 11.2 Å². The largest absolute Gasteiger partial charge is 0.368 e. The second kappa shape index (κ2) is 6.79. The van der Waals surface area contributed by atoms with Crippen molar-refractivity contribution >= 4 is 28.4 Å². The molecule has 1 aromatic carbocycles. The number of pyridine rings is 1. The molecular weight excluding hydrogens is 323 g/mol. The van der Waals surface area contributed by atoms with E-state index in [1.54, 1.807) is 11.8 Å². The van der Waals surface area contributed by atoms with E-state index in [1.165, 1.54) is 6.07 Å². The summed E-state index contributed by atoms with van der Waals surface area (Å²) in [4.78, 5) is 15.6. The van der Waals surface area contributed by atoms with Gasteiger partial charge in [-0.15, -0.1) is 11.8 Å². The van der Waals surface area contributed by atoms with Crippen LogP contribution in [0.3, 0.4) is 0 Å². The van der Waals surface area contributed by atoms with Gasteiger partial charge in [-0.1, -0.05) is 13.8 Å². The fourth-order valence-electron chi connectivity index (χ4n) is 3.52. The van der Waals surface area contributed by atoms with Crippen molar-refractivity contribution < 1.29 is 4.39 Å². The topological polar surface area (TPSA) is 25.2 Å². The fourth-order valence-corrected chi connectivity index (χ4v) is 4.80. The minimum absolute atomic E-state index is 0.0554. The molecule has 0 spiro atoms. The Morgan fingerprint density at radius 2 is 2.00 bits per heavy atom. The number of hydrogen-bond acceptors (Lipinski definition) is 3. The molecule has 0 N–H and O–H groups in total. The first-order chi connectivity index (χ1) is 11.5. The van der Waals surface area contributed by atoms with Gasteiger partial charge < -0.3 is 9.47 Å². The molecule has 24 heavy (non-hydrogen) atoms. The van der Waals surface area contributed by atoms with E-state index < -0.39 is 0 Å². The van der Waals surface area contributed by atoms with Crippen molar-refractivity contribution in [2.45, 2.75) is 51.5 Å². The molecule has 0 fully saturated rings. The van der Waals surface area contributed by atoms with E-state index in [1.807, 2.05) is 13.1 Å². The first-order valence-corrected chi connectivity index (χ1v) is 9.73. The highest BCUT2D eigenvalue weighted by Crippen LogP contribution is 2.43. The second-order valence-corrected chi connectivity index (χ2v) is 7.66. The average Bonchev–Trinajstić information content (AvgIpc) is 2.55. The van der Waals surface area contributed by atoms with Crippen LogP contribution in [0.2, 0.25) is 0 Å². The quantitative estimate of drug-likeness (QED) is 0.780. The monoisotopic (exact) mass is 348 g/mol. The van der Waals surface area contributed by atoms with Gasteiger partial charge in [0, 0.05) is 36.6 Å². The zero-order chi connectivity index (χ0) is 17.4. The summed E-state index contributed by atoms with van der Waals surface area (Å²) < 4.78 is 17.2. The molecule has 0 aliphatic carbocycles. The maximum Gasteiger partial charge on any atom is 0.192 e. The molecule has 2 aromatic rings. The lowest BCUT2D eigenvalue weighted by Crippen LogP contribution is -2.28. The van der Waals surface area contributed by atoms with Crippen LogP contribution in [-0.4, -0.2) is 23.4 Å². The minimum Gasteiger partial charge on any atom is -0.368 e. The molecule has 1 atom stereocenters. The zero-order valence-corrected chi connectivity index (χ0v) is 15.7. The van der Waals surface area contributed by atoms with Crippen molar-refractivity contribution in [2.24, 2.45) is 0 Å². The molecule has 5 heteroatoms. The van der Waals surface area contributed by atoms with Crippen LogP contribution in [0.15, 0.2) is 22.0 Å². The Morgan fingerprint density at radius 3 is 2.62 bits per heavy atom. The van der Waals surface area contributed by atoms with Crippen LogP contribution < -0.4 is 10.3 Å². The summed E-state index contributed by atoms with van der Waals surface area (Å²) in [5.74, 6) is 0.628. The summed E-state index contributed by atoms with van der Waals surface area (Å²) in [5.41, 5.74) is 2.21. The van der Waals surface area contributed by atoms with Crippen LogP contribution in [0.1, 0.15) is 45.2 Å². The predicted molar refractivity (Wildman–Crippen MR) is 101 cm³/mol. The van der Waals surface area contributed by atoms with Crippen LogP contribution in [0, 0.1) is 12.7 Å². The Balaban J connectivity index is 2.36. The van der Waals surface area contributed by atoms with Gasteiger partial charge in [-0.05, 0) is 32.8 Å². The molecule has 0 amide bonds. The highest BCUT2D eigenvalue weighted by atomic mass is 32.2. The molecule has 1 unspecified atom stereocenters. The summed E-state index contributed by atoms with van der Waals surface area (Å²) in [6.45, 7) is 9.85. The molecule has 0 saturated heterocycles. The van der Waals surface area contributed by atoms with Crippen LogP contribution in [0.4, 0.5) is 10.1 Å². The number of thioether (sulfide) groups is 1. The number of hydrogen-bond donors (Lipinski definition) is 0. The fraction of sp³-hybridized carbons (Fsp3) is 0.526. The van der Waals surface area contributed by atoms with Crippen molar-refractivity contribution in [3.05, 3.63) is 33.9 Å². The third kappa shape index (κ3) is 2.73. The molecule has 130 valence electrons. The molecule has 0 bridgehead atoms. The molecule has 1 aromatic heterocycles. The van der Waals surface area contributed by atoms with Gasteiger partial charge >= 0.3 is 0 Å². The number of nitrogens with zero attached hydrogens (tertiary/aromatic N) is 2. The normalized spacial score (nSPS) is 16.6. The van der Waals surface area contributed by atoms with Gasteiger partial charge in [-0.25, -0.2) is 4.39 Å².